The topological polar surface area (TPSA) is 60.4 Å². The average molecular weight is 332 g/mol. The van der Waals surface area contributed by atoms with E-state index >= 15 is 0 Å². The van der Waals surface area contributed by atoms with Crippen LogP contribution in [0.3, 0.4) is 0 Å². The molecule has 0 unspecified atom stereocenters. The maximum Gasteiger partial charge on any atom is 0.534 e. The van der Waals surface area contributed by atoms with Crippen molar-refractivity contribution in [2.75, 3.05) is 0 Å². The summed E-state index contributed by atoms with van der Waals surface area (Å²) < 4.78 is 64.5. The molecule has 8 heteroatoms. The largest absolute Gasteiger partial charge is 0.534 e. The number of hydrogen-bond acceptors (Lipinski definition) is 4. The Hall–Kier alpha value is -2.09. The van der Waals surface area contributed by atoms with Crippen molar-refractivity contribution in [1.29, 1.82) is 0 Å². The lowest BCUT2D eigenvalue weighted by molar-refractivity contribution is -0.0499. The summed E-state index contributed by atoms with van der Waals surface area (Å²) in [7, 11) is -5.87. The molecule has 0 aliphatic rings. The first kappa shape index (κ1) is 16.3. The van der Waals surface area contributed by atoms with Gasteiger partial charge in [-0.2, -0.15) is 21.6 Å². The van der Waals surface area contributed by atoms with E-state index in [1.54, 1.807) is 18.2 Å². The summed E-state index contributed by atoms with van der Waals surface area (Å²) in [6.45, 7) is 2.63. The lowest BCUT2D eigenvalue weighted by atomic mass is 9.98. The molecule has 2 rings (SSSR count). The van der Waals surface area contributed by atoms with Crippen molar-refractivity contribution < 1.29 is 30.6 Å². The summed E-state index contributed by atoms with van der Waals surface area (Å²) in [5.74, 6) is -1.18. The van der Waals surface area contributed by atoms with E-state index in [-0.39, 0.29) is 10.9 Å². The Balaban J connectivity index is 2.81. The summed E-state index contributed by atoms with van der Waals surface area (Å²) >= 11 is 0. The van der Waals surface area contributed by atoms with Gasteiger partial charge in [-0.25, -0.2) is 0 Å². The van der Waals surface area contributed by atoms with E-state index in [9.17, 15) is 26.4 Å². The zero-order valence-corrected chi connectivity index (χ0v) is 12.4. The Morgan fingerprint density at radius 2 is 1.77 bits per heavy atom. The second-order valence-corrected chi connectivity index (χ2v) is 6.20. The number of Topliss-reactive ketones (excluding diaryl/α,β-unsaturated/α-hetero) is 1. The molecule has 0 aromatic heterocycles. The lowest BCUT2D eigenvalue weighted by Gasteiger charge is -2.16. The van der Waals surface area contributed by atoms with Gasteiger partial charge in [0.1, 0.15) is 0 Å². The molecule has 0 amide bonds. The number of halogens is 3. The fourth-order valence-corrected chi connectivity index (χ4v) is 2.62. The molecule has 0 aliphatic carbocycles. The molecule has 2 aromatic rings. The highest BCUT2D eigenvalue weighted by Crippen LogP contribution is 2.36. The SMILES string of the molecule is CC(=O)c1c(C)cc2ccccc2c1OS(=O)(=O)C(F)(F)F. The van der Waals surface area contributed by atoms with Gasteiger partial charge in [0.2, 0.25) is 0 Å². The van der Waals surface area contributed by atoms with E-state index in [4.69, 9.17) is 0 Å². The van der Waals surface area contributed by atoms with Crippen LogP contribution in [0.25, 0.3) is 10.8 Å². The van der Waals surface area contributed by atoms with Gasteiger partial charge < -0.3 is 4.18 Å². The second kappa shape index (κ2) is 5.28. The first-order chi connectivity index (χ1) is 10.0. The quantitative estimate of drug-likeness (QED) is 0.490. The number of alkyl halides is 3. The van der Waals surface area contributed by atoms with E-state index in [0.29, 0.717) is 10.9 Å². The van der Waals surface area contributed by atoms with Crippen LogP contribution in [0.15, 0.2) is 30.3 Å². The van der Waals surface area contributed by atoms with Gasteiger partial charge in [-0.15, -0.1) is 0 Å². The van der Waals surface area contributed by atoms with E-state index in [2.05, 4.69) is 4.18 Å². The van der Waals surface area contributed by atoms with Crippen LogP contribution in [-0.2, 0) is 10.1 Å². The smallest absolute Gasteiger partial charge is 0.375 e. The van der Waals surface area contributed by atoms with Gasteiger partial charge >= 0.3 is 15.6 Å². The summed E-state index contributed by atoms with van der Waals surface area (Å²) in [5, 5.41) is 0.587. The number of benzene rings is 2. The van der Waals surface area contributed by atoms with Gasteiger partial charge in [0.15, 0.2) is 11.5 Å². The van der Waals surface area contributed by atoms with Gasteiger partial charge in [-0.1, -0.05) is 30.3 Å². The van der Waals surface area contributed by atoms with Crippen molar-refractivity contribution in [3.63, 3.8) is 0 Å². The highest BCUT2D eigenvalue weighted by atomic mass is 32.2. The van der Waals surface area contributed by atoms with Gasteiger partial charge in [-0.3, -0.25) is 4.79 Å². The van der Waals surface area contributed by atoms with Crippen LogP contribution in [-0.4, -0.2) is 19.7 Å². The van der Waals surface area contributed by atoms with Crippen molar-refractivity contribution in [2.24, 2.45) is 0 Å². The molecule has 0 fully saturated rings. The van der Waals surface area contributed by atoms with Crippen molar-refractivity contribution in [3.05, 3.63) is 41.5 Å². The molecule has 0 atom stereocenters. The number of ketones is 1. The fourth-order valence-electron chi connectivity index (χ4n) is 2.13. The van der Waals surface area contributed by atoms with Crippen LogP contribution in [0, 0.1) is 6.92 Å². The van der Waals surface area contributed by atoms with Crippen LogP contribution in [0.2, 0.25) is 0 Å². The highest BCUT2D eigenvalue weighted by Gasteiger charge is 2.49. The maximum atomic E-state index is 12.6. The minimum atomic E-state index is -5.87. The Bertz CT molecular complexity index is 854. The monoisotopic (exact) mass is 332 g/mol. The van der Waals surface area contributed by atoms with Crippen molar-refractivity contribution in [2.45, 2.75) is 19.4 Å². The molecule has 0 saturated heterocycles. The van der Waals surface area contributed by atoms with Gasteiger partial charge in [-0.05, 0) is 24.8 Å². The third-order valence-electron chi connectivity index (χ3n) is 3.03. The van der Waals surface area contributed by atoms with Crippen LogP contribution in [0.5, 0.6) is 5.75 Å². The van der Waals surface area contributed by atoms with Gasteiger partial charge in [0.05, 0.1) is 5.56 Å². The minimum absolute atomic E-state index is 0.117. The van der Waals surface area contributed by atoms with Crippen molar-refractivity contribution in [3.8, 4) is 5.75 Å². The van der Waals surface area contributed by atoms with E-state index in [1.165, 1.54) is 19.1 Å². The van der Waals surface area contributed by atoms with Crippen LogP contribution in [0.4, 0.5) is 13.2 Å². The first-order valence-electron chi connectivity index (χ1n) is 6.08. The third-order valence-corrected chi connectivity index (χ3v) is 3.98. The van der Waals surface area contributed by atoms with Gasteiger partial charge in [0.25, 0.3) is 0 Å². The maximum absolute atomic E-state index is 12.6. The molecule has 0 spiro atoms. The number of carbonyl (C=O) groups excluding carboxylic acids is 1. The third kappa shape index (κ3) is 2.78. The number of carbonyl (C=O) groups is 1. The molecule has 118 valence electrons. The summed E-state index contributed by atoms with van der Waals surface area (Å²) in [6.07, 6.45) is 0. The number of rotatable bonds is 3. The highest BCUT2D eigenvalue weighted by molar-refractivity contribution is 7.88. The Kier molecular flexibility index (Phi) is 3.90. The molecule has 0 N–H and O–H groups in total. The minimum Gasteiger partial charge on any atom is -0.375 e. The summed E-state index contributed by atoms with van der Waals surface area (Å²) in [4.78, 5) is 11.7. The second-order valence-electron chi connectivity index (χ2n) is 4.66. The molecule has 22 heavy (non-hydrogen) atoms. The molecule has 0 bridgehead atoms. The van der Waals surface area contributed by atoms with Gasteiger partial charge in [0, 0.05) is 5.39 Å². The van der Waals surface area contributed by atoms with Crippen molar-refractivity contribution in [1.82, 2.24) is 0 Å². The summed E-state index contributed by atoms with van der Waals surface area (Å²) in [6, 6.07) is 7.70. The standard InChI is InChI=1S/C14H11F3O4S/c1-8-7-10-5-3-4-6-11(10)13(12(8)9(2)18)21-22(19,20)14(15,16)17/h3-7H,1-2H3. The molecule has 0 heterocycles. The fraction of sp³-hybridized carbons (Fsp3) is 0.214. The molecule has 0 radical (unpaired) electrons. The predicted molar refractivity (Wildman–Crippen MR) is 74.3 cm³/mol. The van der Waals surface area contributed by atoms with E-state index in [1.807, 2.05) is 0 Å². The van der Waals surface area contributed by atoms with Crippen LogP contribution in [0.1, 0.15) is 22.8 Å². The first-order valence-corrected chi connectivity index (χ1v) is 7.49. The normalized spacial score (nSPS) is 12.4. The number of fused-ring (bicyclic) bond motifs is 1. The zero-order valence-electron chi connectivity index (χ0n) is 11.6. The number of aryl methyl sites for hydroxylation is 1. The lowest BCUT2D eigenvalue weighted by Crippen LogP contribution is -2.28. The van der Waals surface area contributed by atoms with Crippen LogP contribution < -0.4 is 4.18 Å². The average Bonchev–Trinajstić information content (AvgIpc) is 2.36. The van der Waals surface area contributed by atoms with Crippen molar-refractivity contribution >= 4 is 26.7 Å². The summed E-state index contributed by atoms with van der Waals surface area (Å²) in [5.41, 5.74) is -5.43. The Labute approximate surface area is 124 Å². The molecular formula is C14H11F3O4S. The van der Waals surface area contributed by atoms with Crippen LogP contribution >= 0.6 is 0 Å². The number of hydrogen-bond donors (Lipinski definition) is 0. The molecular weight excluding hydrogens is 321 g/mol. The molecule has 4 nitrogen and oxygen atoms in total. The Morgan fingerprint density at radius 3 is 2.32 bits per heavy atom. The van der Waals surface area contributed by atoms with E-state index in [0.717, 1.165) is 6.92 Å². The zero-order chi connectivity index (χ0) is 16.7. The molecule has 2 aromatic carbocycles. The molecule has 0 aliphatic heterocycles. The predicted octanol–water partition coefficient (Wildman–Crippen LogP) is 3.58. The molecule has 0 saturated carbocycles. The Morgan fingerprint density at radius 1 is 1.18 bits per heavy atom. The van der Waals surface area contributed by atoms with E-state index < -0.39 is 27.2 Å².